The summed E-state index contributed by atoms with van der Waals surface area (Å²) in [4.78, 5) is 0. The zero-order valence-electron chi connectivity index (χ0n) is 10.5. The van der Waals surface area contributed by atoms with Crippen LogP contribution >= 0.6 is 0 Å². The van der Waals surface area contributed by atoms with Gasteiger partial charge < -0.3 is 8.97 Å². The molecule has 5 nitrogen and oxygen atoms in total. The first-order valence-corrected chi connectivity index (χ1v) is 6.18. The van der Waals surface area contributed by atoms with Gasteiger partial charge in [-0.25, -0.2) is 0 Å². The fraction of sp³-hybridized carbons (Fsp3) is 1.00. The van der Waals surface area contributed by atoms with E-state index >= 15 is 0 Å². The van der Waals surface area contributed by atoms with Crippen molar-refractivity contribution >= 4 is 14.5 Å². The first-order chi connectivity index (χ1) is 5.73. The van der Waals surface area contributed by atoms with E-state index in [1.54, 1.807) is 0 Å². The van der Waals surface area contributed by atoms with Gasteiger partial charge in [0.25, 0.3) is 0 Å². The van der Waals surface area contributed by atoms with E-state index in [-0.39, 0.29) is 0 Å². The van der Waals surface area contributed by atoms with Gasteiger partial charge in [0, 0.05) is 0 Å². The van der Waals surface area contributed by atoms with Crippen molar-refractivity contribution in [3.8, 4) is 0 Å². The van der Waals surface area contributed by atoms with Gasteiger partial charge in [0.2, 0.25) is 0 Å². The molecule has 0 saturated heterocycles. The topological polar surface area (TPSA) is 63.2 Å². The van der Waals surface area contributed by atoms with Crippen LogP contribution in [0.3, 0.4) is 0 Å². The van der Waals surface area contributed by atoms with E-state index < -0.39 is 14.5 Å². The summed E-state index contributed by atoms with van der Waals surface area (Å²) in [5, 5.41) is 0. The van der Waals surface area contributed by atoms with Crippen molar-refractivity contribution in [2.24, 2.45) is 0 Å². The van der Waals surface area contributed by atoms with Gasteiger partial charge in [-0.2, -0.15) is 0 Å². The SMILES string of the molecule is C[N+](C)(C)C.C[N+](C)(C)C.O=[Se]([O-])[O-]. The molecule has 0 aromatic heterocycles. The summed E-state index contributed by atoms with van der Waals surface area (Å²) in [6, 6.07) is 0. The summed E-state index contributed by atoms with van der Waals surface area (Å²) in [6.45, 7) is 0. The molecule has 0 unspecified atom stereocenters. The van der Waals surface area contributed by atoms with Crippen molar-refractivity contribution in [1.29, 1.82) is 0 Å². The second-order valence-corrected chi connectivity index (χ2v) is 6.43. The minimum atomic E-state index is -3.79. The Balaban J connectivity index is -0.000000131. The van der Waals surface area contributed by atoms with Gasteiger partial charge in [-0.3, -0.25) is 0 Å². The molecule has 0 heterocycles. The third kappa shape index (κ3) is 59500. The van der Waals surface area contributed by atoms with Gasteiger partial charge in [-0.15, -0.1) is 0 Å². The molecule has 14 heavy (non-hydrogen) atoms. The van der Waals surface area contributed by atoms with Crippen LogP contribution in [-0.4, -0.2) is 79.8 Å². The van der Waals surface area contributed by atoms with Gasteiger partial charge in [0.05, 0.1) is 56.4 Å². The van der Waals surface area contributed by atoms with Crippen molar-refractivity contribution in [3.63, 3.8) is 0 Å². The molecule has 0 aliphatic heterocycles. The summed E-state index contributed by atoms with van der Waals surface area (Å²) in [5.74, 6) is 0. The van der Waals surface area contributed by atoms with Crippen LogP contribution in [0.15, 0.2) is 0 Å². The zero-order chi connectivity index (χ0) is 12.6. The van der Waals surface area contributed by atoms with E-state index in [1.165, 1.54) is 0 Å². The van der Waals surface area contributed by atoms with Crippen LogP contribution in [0.1, 0.15) is 0 Å². The molecule has 0 aliphatic rings. The van der Waals surface area contributed by atoms with E-state index in [0.717, 1.165) is 8.97 Å². The molecule has 0 amide bonds. The molecular weight excluding hydrogens is 251 g/mol. The van der Waals surface area contributed by atoms with Gasteiger partial charge in [0.1, 0.15) is 0 Å². The molecule has 0 spiro atoms. The van der Waals surface area contributed by atoms with Crippen molar-refractivity contribution in [1.82, 2.24) is 0 Å². The number of hydrogen-bond acceptors (Lipinski definition) is 3. The van der Waals surface area contributed by atoms with Gasteiger partial charge >= 0.3 is 26.7 Å². The molecule has 0 bridgehead atoms. The standard InChI is InChI=1S/2C4H12N.H2O3Se/c2*1-5(2,3)4;1-4(2)3/h2*1-4H3;(H2,1,2,3)/q2*+1;/p-2. The summed E-state index contributed by atoms with van der Waals surface area (Å²) >= 11 is -3.79. The normalized spacial score (nSPS) is 11.1. The van der Waals surface area contributed by atoms with E-state index in [0.29, 0.717) is 0 Å². The fourth-order valence-corrected chi connectivity index (χ4v) is 0. The van der Waals surface area contributed by atoms with Crippen LogP contribution in [-0.2, 0) is 3.83 Å². The minimum absolute atomic E-state index is 1.00. The van der Waals surface area contributed by atoms with Crippen molar-refractivity contribution in [2.75, 3.05) is 56.4 Å². The molecule has 0 atom stereocenters. The second kappa shape index (κ2) is 8.47. The Bertz CT molecular complexity index is 122. The van der Waals surface area contributed by atoms with Crippen LogP contribution in [0.4, 0.5) is 0 Å². The molecule has 6 heteroatoms. The van der Waals surface area contributed by atoms with E-state index in [9.17, 15) is 0 Å². The molecule has 0 N–H and O–H groups in total. The molecule has 90 valence electrons. The summed E-state index contributed by atoms with van der Waals surface area (Å²) in [5.41, 5.74) is 0. The van der Waals surface area contributed by atoms with Gasteiger partial charge in [-0.05, 0) is 0 Å². The molecule has 0 rings (SSSR count). The summed E-state index contributed by atoms with van der Waals surface area (Å²) in [7, 11) is 17.0. The second-order valence-electron chi connectivity index (χ2n) is 5.57. The van der Waals surface area contributed by atoms with Crippen LogP contribution in [0.25, 0.3) is 0 Å². The van der Waals surface area contributed by atoms with Crippen LogP contribution in [0.2, 0.25) is 0 Å². The van der Waals surface area contributed by atoms with Crippen molar-refractivity contribution < 1.29 is 21.2 Å². The van der Waals surface area contributed by atoms with Gasteiger partial charge in [0.15, 0.2) is 0 Å². The number of quaternary nitrogens is 2. The predicted molar refractivity (Wildman–Crippen MR) is 54.4 cm³/mol. The first kappa shape index (κ1) is 19.7. The van der Waals surface area contributed by atoms with E-state index in [1.807, 2.05) is 0 Å². The summed E-state index contributed by atoms with van der Waals surface area (Å²) < 4.78 is 27.6. The predicted octanol–water partition coefficient (Wildman–Crippen LogP) is -2.23. The average Bonchev–Trinajstić information content (AvgIpc) is 1.45. The zero-order valence-corrected chi connectivity index (χ0v) is 12.2. The van der Waals surface area contributed by atoms with Crippen LogP contribution in [0, 0.1) is 0 Å². The molecule has 0 fully saturated rings. The Morgan fingerprint density at radius 3 is 0.714 bits per heavy atom. The Morgan fingerprint density at radius 2 is 0.714 bits per heavy atom. The number of hydrogen-bond donors (Lipinski definition) is 0. The molecular formula is C8H24N2O3Se. The third-order valence-corrected chi connectivity index (χ3v) is 0. The first-order valence-electron chi connectivity index (χ1n) is 4.08. The Morgan fingerprint density at radius 1 is 0.714 bits per heavy atom. The number of nitrogens with zero attached hydrogens (tertiary/aromatic N) is 2. The maximum atomic E-state index is 8.54. The van der Waals surface area contributed by atoms with Crippen LogP contribution in [0.5, 0.6) is 0 Å². The summed E-state index contributed by atoms with van der Waals surface area (Å²) in [6.07, 6.45) is 0. The Labute approximate surface area is 92.5 Å². The Kier molecular flexibility index (Phi) is 11.9. The average molecular weight is 275 g/mol. The van der Waals surface area contributed by atoms with Gasteiger partial charge in [-0.1, -0.05) is 0 Å². The Hall–Kier alpha value is 0.159. The van der Waals surface area contributed by atoms with E-state index in [4.69, 9.17) is 12.2 Å². The molecule has 0 aromatic rings. The molecule has 0 saturated carbocycles. The molecule has 0 aromatic carbocycles. The third-order valence-electron chi connectivity index (χ3n) is 0. The fourth-order valence-electron chi connectivity index (χ4n) is 0. The quantitative estimate of drug-likeness (QED) is 0.371. The molecule has 0 radical (unpaired) electrons. The maximum absolute atomic E-state index is 8.54. The van der Waals surface area contributed by atoms with Crippen molar-refractivity contribution in [3.05, 3.63) is 0 Å². The molecule has 0 aliphatic carbocycles. The van der Waals surface area contributed by atoms with E-state index in [2.05, 4.69) is 56.4 Å². The van der Waals surface area contributed by atoms with Crippen molar-refractivity contribution in [2.45, 2.75) is 0 Å². The monoisotopic (exact) mass is 276 g/mol. The number of rotatable bonds is 0. The van der Waals surface area contributed by atoms with Crippen LogP contribution < -0.4 is 8.38 Å².